The van der Waals surface area contributed by atoms with Gasteiger partial charge in [0.2, 0.25) is 11.8 Å². The molecule has 50 heavy (non-hydrogen) atoms. The van der Waals surface area contributed by atoms with Crippen molar-refractivity contribution < 1.29 is 19.1 Å². The van der Waals surface area contributed by atoms with Gasteiger partial charge in [-0.1, -0.05) is 51.0 Å². The predicted molar refractivity (Wildman–Crippen MR) is 194 cm³/mol. The Labute approximate surface area is 300 Å². The van der Waals surface area contributed by atoms with Crippen LogP contribution < -0.4 is 10.1 Å². The highest BCUT2D eigenvalue weighted by Crippen LogP contribution is 2.62. The molecule has 1 aromatic carbocycles. The summed E-state index contributed by atoms with van der Waals surface area (Å²) in [6, 6.07) is 6.89. The molecule has 4 bridgehead atoms. The number of anilines is 1. The first kappa shape index (κ1) is 34.3. The van der Waals surface area contributed by atoms with Gasteiger partial charge in [-0.2, -0.15) is 5.10 Å². The van der Waals surface area contributed by atoms with E-state index in [1.807, 2.05) is 38.1 Å². The lowest BCUT2D eigenvalue weighted by Crippen LogP contribution is -2.47. The molecule has 1 N–H and O–H groups in total. The van der Waals surface area contributed by atoms with Gasteiger partial charge in [-0.05, 0) is 78.6 Å². The first-order valence-corrected chi connectivity index (χ1v) is 18.7. The maximum absolute atomic E-state index is 14.4. The van der Waals surface area contributed by atoms with Crippen LogP contribution >= 0.6 is 15.9 Å². The minimum Gasteiger partial charge on any atom is -0.493 e. The number of benzene rings is 1. The second-order valence-corrected chi connectivity index (χ2v) is 15.1. The average Bonchev–Trinajstić information content (AvgIpc) is 3.51. The van der Waals surface area contributed by atoms with Crippen LogP contribution in [0.5, 0.6) is 5.75 Å². The Morgan fingerprint density at radius 1 is 0.980 bits per heavy atom. The van der Waals surface area contributed by atoms with E-state index in [4.69, 9.17) is 9.84 Å². The molecule has 5 heterocycles. The van der Waals surface area contributed by atoms with Crippen LogP contribution in [0.3, 0.4) is 0 Å². The first-order valence-electron chi connectivity index (χ1n) is 17.9. The number of aryl methyl sites for hydroxylation is 2. The third kappa shape index (κ3) is 6.91. The SMILES string of the molecule is CC(=O)c1nn2c3cc(c(-c4cnc(C)nc4)cc13)OCCCCCCCCCC[C@]13CC1N(C(=O)C2)[C@H](C(=O)Nc1nc(Br)ccc1C)C3. The summed E-state index contributed by atoms with van der Waals surface area (Å²) in [5.41, 5.74) is 3.23. The number of piperidine rings is 1. The minimum absolute atomic E-state index is 0.00551. The molecule has 7 rings (SSSR count). The van der Waals surface area contributed by atoms with Gasteiger partial charge in [-0.15, -0.1) is 0 Å². The van der Waals surface area contributed by atoms with Gasteiger partial charge in [0.15, 0.2) is 5.78 Å². The quantitative estimate of drug-likeness (QED) is 0.169. The molecule has 1 aliphatic carbocycles. The number of pyridine rings is 1. The van der Waals surface area contributed by atoms with Crippen molar-refractivity contribution in [2.24, 2.45) is 5.41 Å². The predicted octanol–water partition coefficient (Wildman–Crippen LogP) is 7.37. The van der Waals surface area contributed by atoms with Crippen molar-refractivity contribution in [1.82, 2.24) is 29.6 Å². The van der Waals surface area contributed by atoms with E-state index in [0.29, 0.717) is 45.9 Å². The van der Waals surface area contributed by atoms with E-state index >= 15 is 0 Å². The number of Topliss-reactive ketones (excluding diaryl/α,β-unsaturated/α-hetero) is 1. The second-order valence-electron chi connectivity index (χ2n) is 14.3. The third-order valence-electron chi connectivity index (χ3n) is 10.7. The smallest absolute Gasteiger partial charge is 0.248 e. The maximum Gasteiger partial charge on any atom is 0.248 e. The Bertz CT molecular complexity index is 1940. The summed E-state index contributed by atoms with van der Waals surface area (Å²) >= 11 is 3.41. The Morgan fingerprint density at radius 3 is 2.44 bits per heavy atom. The highest BCUT2D eigenvalue weighted by Gasteiger charge is 2.66. The summed E-state index contributed by atoms with van der Waals surface area (Å²) in [5, 5.41) is 8.35. The molecule has 3 atom stereocenters. The van der Waals surface area contributed by atoms with Crippen LogP contribution in [0.1, 0.15) is 99.4 Å². The van der Waals surface area contributed by atoms with Crippen LogP contribution in [0.2, 0.25) is 0 Å². The third-order valence-corrected chi connectivity index (χ3v) is 11.1. The molecule has 12 heteroatoms. The molecule has 4 aromatic rings. The van der Waals surface area contributed by atoms with Crippen molar-refractivity contribution >= 4 is 50.2 Å². The van der Waals surface area contributed by atoms with Gasteiger partial charge in [0.1, 0.15) is 40.3 Å². The number of fused-ring (bicyclic) bond motifs is 1. The van der Waals surface area contributed by atoms with E-state index < -0.39 is 6.04 Å². The number of nitrogens with one attached hydrogen (secondary N) is 1. The van der Waals surface area contributed by atoms with Gasteiger partial charge < -0.3 is 15.0 Å². The maximum atomic E-state index is 14.4. The minimum atomic E-state index is -0.628. The largest absolute Gasteiger partial charge is 0.493 e. The summed E-state index contributed by atoms with van der Waals surface area (Å²) < 4.78 is 8.65. The molecule has 1 saturated heterocycles. The molecule has 11 nitrogen and oxygen atoms in total. The standard InChI is InChI=1S/C38H44BrN7O4/c1-23-12-13-33(39)42-36(23)43-37(49)30-18-38-14-10-8-6-4-5-7-9-11-15-50-31-17-29-28(16-27(31)26-20-40-25(3)41-21-26)35(24(2)47)44-45(29)22-34(48)46(30)32(38)19-38/h12-13,16-17,20-21,30,32H,4-11,14-15,18-19,22H2,1-3H3,(H,42,43,49)/t30-,32?,38-/m0/s1. The van der Waals surface area contributed by atoms with Crippen LogP contribution in [-0.4, -0.2) is 65.9 Å². The number of ketones is 1. The van der Waals surface area contributed by atoms with Crippen molar-refractivity contribution in [2.75, 3.05) is 11.9 Å². The molecular weight excluding hydrogens is 698 g/mol. The molecule has 3 aliphatic rings. The fourth-order valence-corrected chi connectivity index (χ4v) is 8.21. The van der Waals surface area contributed by atoms with E-state index in [0.717, 1.165) is 55.2 Å². The molecule has 0 spiro atoms. The summed E-state index contributed by atoms with van der Waals surface area (Å²) in [5.74, 6) is 1.13. The second kappa shape index (κ2) is 14.2. The normalized spacial score (nSPS) is 23.0. The number of carbonyl (C=O) groups excluding carboxylic acids is 3. The Kier molecular flexibility index (Phi) is 9.74. The monoisotopic (exact) mass is 741 g/mol. The molecule has 3 aromatic heterocycles. The number of ether oxygens (including phenoxy) is 1. The number of carbonyl (C=O) groups is 3. The van der Waals surface area contributed by atoms with E-state index in [1.54, 1.807) is 22.0 Å². The van der Waals surface area contributed by atoms with Crippen molar-refractivity contribution in [3.63, 3.8) is 0 Å². The molecule has 2 amide bonds. The van der Waals surface area contributed by atoms with E-state index in [1.165, 1.54) is 32.6 Å². The molecular formula is C38H44BrN7O4. The first-order chi connectivity index (χ1) is 24.1. The van der Waals surface area contributed by atoms with Gasteiger partial charge in [-0.3, -0.25) is 19.1 Å². The molecule has 262 valence electrons. The Hall–Kier alpha value is -4.19. The number of aromatic nitrogens is 5. The van der Waals surface area contributed by atoms with Crippen LogP contribution in [0, 0.1) is 19.3 Å². The van der Waals surface area contributed by atoms with E-state index in [9.17, 15) is 14.4 Å². The average molecular weight is 743 g/mol. The van der Waals surface area contributed by atoms with Crippen LogP contribution in [-0.2, 0) is 16.1 Å². The van der Waals surface area contributed by atoms with Gasteiger partial charge in [0.05, 0.1) is 12.1 Å². The van der Waals surface area contributed by atoms with Crippen molar-refractivity contribution in [1.29, 1.82) is 0 Å². The van der Waals surface area contributed by atoms with E-state index in [2.05, 4.69) is 36.2 Å². The number of hydrogen-bond donors (Lipinski definition) is 1. The number of amides is 2. The fourth-order valence-electron chi connectivity index (χ4n) is 7.90. The number of halogens is 1. The number of nitrogens with zero attached hydrogens (tertiary/aromatic N) is 6. The summed E-state index contributed by atoms with van der Waals surface area (Å²) in [6.45, 7) is 5.65. The van der Waals surface area contributed by atoms with Crippen LogP contribution in [0.25, 0.3) is 22.0 Å². The number of hydrogen-bond acceptors (Lipinski definition) is 8. The number of rotatable bonds is 4. The zero-order valence-electron chi connectivity index (χ0n) is 29.0. The lowest BCUT2D eigenvalue weighted by Gasteiger charge is -2.27. The molecule has 2 fully saturated rings. The zero-order chi connectivity index (χ0) is 35.0. The van der Waals surface area contributed by atoms with Gasteiger partial charge >= 0.3 is 0 Å². The van der Waals surface area contributed by atoms with Gasteiger partial charge in [0.25, 0.3) is 0 Å². The van der Waals surface area contributed by atoms with E-state index in [-0.39, 0.29) is 41.3 Å². The molecule has 2 aliphatic heterocycles. The molecule has 1 saturated carbocycles. The lowest BCUT2D eigenvalue weighted by molar-refractivity contribution is -0.138. The summed E-state index contributed by atoms with van der Waals surface area (Å²) in [7, 11) is 0. The summed E-state index contributed by atoms with van der Waals surface area (Å²) in [6.07, 6.45) is 15.1. The lowest BCUT2D eigenvalue weighted by atomic mass is 9.92. The van der Waals surface area contributed by atoms with Crippen molar-refractivity contribution in [2.45, 2.75) is 110 Å². The Balaban J connectivity index is 1.26. The van der Waals surface area contributed by atoms with Crippen LogP contribution in [0.15, 0.2) is 41.3 Å². The van der Waals surface area contributed by atoms with Gasteiger partial charge in [0, 0.05) is 47.9 Å². The summed E-state index contributed by atoms with van der Waals surface area (Å²) in [4.78, 5) is 56.4. The van der Waals surface area contributed by atoms with Crippen molar-refractivity contribution in [3.8, 4) is 16.9 Å². The highest BCUT2D eigenvalue weighted by molar-refractivity contribution is 9.10. The zero-order valence-corrected chi connectivity index (χ0v) is 30.6. The highest BCUT2D eigenvalue weighted by atomic mass is 79.9. The Morgan fingerprint density at radius 2 is 1.70 bits per heavy atom. The van der Waals surface area contributed by atoms with Gasteiger partial charge in [-0.25, -0.2) is 15.0 Å². The molecule has 0 radical (unpaired) electrons. The molecule has 1 unspecified atom stereocenters. The van der Waals surface area contributed by atoms with Crippen molar-refractivity contribution in [3.05, 3.63) is 58.3 Å². The van der Waals surface area contributed by atoms with Crippen LogP contribution in [0.4, 0.5) is 5.82 Å². The fraction of sp³-hybridized carbons (Fsp3) is 0.500. The topological polar surface area (TPSA) is 132 Å².